The molecule has 0 saturated carbocycles. The molecule has 1 aliphatic heterocycles. The third-order valence-electron chi connectivity index (χ3n) is 2.28. The standard InChI is InChI=1S/C11H12ClNOS2/c12-8-6-10(16-7-8)11(14)13-4-3-9-2-1-5-15-9/h1-2,5,7,10H,3-4,6H2,(H,13,14). The van der Waals surface area contributed by atoms with Gasteiger partial charge in [0.1, 0.15) is 0 Å². The SMILES string of the molecule is O=C(NCCc1cccs1)C1CC(Cl)=CS1. The van der Waals surface area contributed by atoms with Crippen molar-refractivity contribution in [1.29, 1.82) is 0 Å². The van der Waals surface area contributed by atoms with Gasteiger partial charge in [-0.15, -0.1) is 23.1 Å². The summed E-state index contributed by atoms with van der Waals surface area (Å²) in [6, 6.07) is 4.11. The number of nitrogens with one attached hydrogen (secondary N) is 1. The minimum atomic E-state index is -0.0316. The summed E-state index contributed by atoms with van der Waals surface area (Å²) in [4.78, 5) is 13.0. The van der Waals surface area contributed by atoms with Crippen LogP contribution in [0.2, 0.25) is 0 Å². The molecule has 0 aromatic carbocycles. The second-order valence-corrected chi connectivity index (χ2v) is 6.11. The summed E-state index contributed by atoms with van der Waals surface area (Å²) < 4.78 is 0. The first-order valence-corrected chi connectivity index (χ1v) is 7.26. The van der Waals surface area contributed by atoms with Crippen LogP contribution >= 0.6 is 34.7 Å². The van der Waals surface area contributed by atoms with E-state index in [1.165, 1.54) is 16.6 Å². The number of thiophene rings is 1. The molecule has 16 heavy (non-hydrogen) atoms. The van der Waals surface area contributed by atoms with Crippen LogP contribution in [0, 0.1) is 0 Å². The van der Waals surface area contributed by atoms with Crippen LogP contribution < -0.4 is 5.32 Å². The molecule has 0 saturated heterocycles. The van der Waals surface area contributed by atoms with E-state index in [1.807, 2.05) is 16.9 Å². The molecule has 0 radical (unpaired) electrons. The Balaban J connectivity index is 1.69. The first-order chi connectivity index (χ1) is 7.75. The quantitative estimate of drug-likeness (QED) is 0.914. The molecule has 1 atom stereocenters. The van der Waals surface area contributed by atoms with E-state index in [4.69, 9.17) is 11.6 Å². The Bertz CT molecular complexity index is 389. The Morgan fingerprint density at radius 2 is 2.50 bits per heavy atom. The van der Waals surface area contributed by atoms with E-state index in [1.54, 1.807) is 11.3 Å². The third-order valence-corrected chi connectivity index (χ3v) is 4.74. The van der Waals surface area contributed by atoms with Gasteiger partial charge in [0.2, 0.25) is 5.91 Å². The molecule has 1 aliphatic rings. The molecule has 0 bridgehead atoms. The van der Waals surface area contributed by atoms with Crippen molar-refractivity contribution in [3.05, 3.63) is 32.8 Å². The molecule has 1 unspecified atom stereocenters. The molecule has 0 aliphatic carbocycles. The topological polar surface area (TPSA) is 29.1 Å². The Morgan fingerprint density at radius 3 is 3.12 bits per heavy atom. The van der Waals surface area contributed by atoms with E-state index in [2.05, 4.69) is 11.4 Å². The van der Waals surface area contributed by atoms with Crippen LogP contribution in [0.1, 0.15) is 11.3 Å². The Labute approximate surface area is 108 Å². The van der Waals surface area contributed by atoms with E-state index in [9.17, 15) is 4.79 Å². The fourth-order valence-corrected chi connectivity index (χ4v) is 3.46. The van der Waals surface area contributed by atoms with Gasteiger partial charge in [0.15, 0.2) is 0 Å². The summed E-state index contributed by atoms with van der Waals surface area (Å²) in [6.07, 6.45) is 1.57. The van der Waals surface area contributed by atoms with Crippen LogP contribution in [0.15, 0.2) is 28.0 Å². The highest BCUT2D eigenvalue weighted by Crippen LogP contribution is 2.32. The van der Waals surface area contributed by atoms with Gasteiger partial charge in [0.25, 0.3) is 0 Å². The maximum absolute atomic E-state index is 11.7. The van der Waals surface area contributed by atoms with Crippen LogP contribution in [0.5, 0.6) is 0 Å². The summed E-state index contributed by atoms with van der Waals surface area (Å²) >= 11 is 9.05. The van der Waals surface area contributed by atoms with E-state index in [0.29, 0.717) is 13.0 Å². The zero-order valence-electron chi connectivity index (χ0n) is 8.61. The van der Waals surface area contributed by atoms with Gasteiger partial charge < -0.3 is 5.32 Å². The van der Waals surface area contributed by atoms with Crippen molar-refractivity contribution in [2.45, 2.75) is 18.1 Å². The molecule has 0 fully saturated rings. The van der Waals surface area contributed by atoms with Gasteiger partial charge in [0, 0.05) is 22.9 Å². The summed E-state index contributed by atoms with van der Waals surface area (Å²) in [5.74, 6) is 0.0912. The average molecular weight is 274 g/mol. The molecule has 2 nitrogen and oxygen atoms in total. The Morgan fingerprint density at radius 1 is 1.62 bits per heavy atom. The number of carbonyl (C=O) groups excluding carboxylic acids is 1. The lowest BCUT2D eigenvalue weighted by Crippen LogP contribution is -2.32. The monoisotopic (exact) mass is 273 g/mol. The van der Waals surface area contributed by atoms with E-state index in [0.717, 1.165) is 11.5 Å². The number of halogens is 1. The van der Waals surface area contributed by atoms with Gasteiger partial charge in [-0.3, -0.25) is 4.79 Å². The highest BCUT2D eigenvalue weighted by Gasteiger charge is 2.23. The third kappa shape index (κ3) is 3.27. The molecule has 5 heteroatoms. The van der Waals surface area contributed by atoms with Crippen molar-refractivity contribution < 1.29 is 4.79 Å². The minimum Gasteiger partial charge on any atom is -0.355 e. The smallest absolute Gasteiger partial charge is 0.233 e. The zero-order chi connectivity index (χ0) is 11.4. The molecule has 1 aromatic heterocycles. The molecular weight excluding hydrogens is 262 g/mol. The predicted molar refractivity (Wildman–Crippen MR) is 71.0 cm³/mol. The largest absolute Gasteiger partial charge is 0.355 e. The minimum absolute atomic E-state index is 0.0316. The summed E-state index contributed by atoms with van der Waals surface area (Å²) in [6.45, 7) is 0.702. The van der Waals surface area contributed by atoms with Gasteiger partial charge in [-0.05, 0) is 23.3 Å². The van der Waals surface area contributed by atoms with Crippen LogP contribution in [0.4, 0.5) is 0 Å². The highest BCUT2D eigenvalue weighted by atomic mass is 35.5. The van der Waals surface area contributed by atoms with Crippen molar-refractivity contribution in [3.8, 4) is 0 Å². The molecule has 86 valence electrons. The van der Waals surface area contributed by atoms with Crippen molar-refractivity contribution in [1.82, 2.24) is 5.32 Å². The first kappa shape index (κ1) is 12.0. The van der Waals surface area contributed by atoms with E-state index < -0.39 is 0 Å². The Hall–Kier alpha value is -0.450. The van der Waals surface area contributed by atoms with Crippen LogP contribution in [-0.2, 0) is 11.2 Å². The first-order valence-electron chi connectivity index (χ1n) is 5.06. The van der Waals surface area contributed by atoms with Gasteiger partial charge in [0.05, 0.1) is 5.25 Å². The number of thioether (sulfide) groups is 1. The molecule has 1 aromatic rings. The summed E-state index contributed by atoms with van der Waals surface area (Å²) in [5, 5.41) is 7.59. The Kier molecular flexibility index (Phi) is 4.32. The number of carbonyl (C=O) groups is 1. The fourth-order valence-electron chi connectivity index (χ4n) is 1.46. The number of allylic oxidation sites excluding steroid dienone is 1. The second kappa shape index (κ2) is 5.75. The van der Waals surface area contributed by atoms with Crippen molar-refractivity contribution in [2.24, 2.45) is 0 Å². The lowest BCUT2D eigenvalue weighted by molar-refractivity contribution is -0.120. The highest BCUT2D eigenvalue weighted by molar-refractivity contribution is 8.03. The fraction of sp³-hybridized carbons (Fsp3) is 0.364. The van der Waals surface area contributed by atoms with E-state index in [-0.39, 0.29) is 11.2 Å². The number of hydrogen-bond acceptors (Lipinski definition) is 3. The summed E-state index contributed by atoms with van der Waals surface area (Å²) in [5.41, 5.74) is 0. The lowest BCUT2D eigenvalue weighted by Gasteiger charge is -2.09. The van der Waals surface area contributed by atoms with E-state index >= 15 is 0 Å². The summed E-state index contributed by atoms with van der Waals surface area (Å²) in [7, 11) is 0. The van der Waals surface area contributed by atoms with Gasteiger partial charge in [-0.1, -0.05) is 17.7 Å². The number of rotatable bonds is 4. The molecular formula is C11H12ClNOS2. The van der Waals surface area contributed by atoms with Crippen molar-refractivity contribution >= 4 is 40.6 Å². The van der Waals surface area contributed by atoms with Crippen LogP contribution in [0.25, 0.3) is 0 Å². The van der Waals surface area contributed by atoms with Crippen molar-refractivity contribution in [2.75, 3.05) is 6.54 Å². The van der Waals surface area contributed by atoms with Crippen molar-refractivity contribution in [3.63, 3.8) is 0 Å². The zero-order valence-corrected chi connectivity index (χ0v) is 11.0. The van der Waals surface area contributed by atoms with Gasteiger partial charge >= 0.3 is 0 Å². The molecule has 2 rings (SSSR count). The number of amides is 1. The molecule has 2 heterocycles. The van der Waals surface area contributed by atoms with Gasteiger partial charge in [-0.25, -0.2) is 0 Å². The molecule has 1 amide bonds. The second-order valence-electron chi connectivity index (χ2n) is 3.51. The van der Waals surface area contributed by atoms with Crippen LogP contribution in [0.3, 0.4) is 0 Å². The number of hydrogen-bond donors (Lipinski definition) is 1. The molecule has 1 N–H and O–H groups in total. The van der Waals surface area contributed by atoms with Crippen LogP contribution in [-0.4, -0.2) is 17.7 Å². The normalized spacial score (nSPS) is 19.6. The average Bonchev–Trinajstić information content (AvgIpc) is 2.89. The maximum Gasteiger partial charge on any atom is 0.233 e. The maximum atomic E-state index is 11.7. The lowest BCUT2D eigenvalue weighted by atomic mass is 10.2. The predicted octanol–water partition coefficient (Wildman–Crippen LogP) is 2.99. The van der Waals surface area contributed by atoms with Gasteiger partial charge in [-0.2, -0.15) is 0 Å². The molecule has 0 spiro atoms.